The topological polar surface area (TPSA) is 62.3 Å². The zero-order chi connectivity index (χ0) is 11.4. The zero-order valence-electron chi connectivity index (χ0n) is 9.78. The van der Waals surface area contributed by atoms with Gasteiger partial charge in [-0.2, -0.15) is 5.10 Å². The molecule has 86 valence electrons. The van der Waals surface area contributed by atoms with Gasteiger partial charge >= 0.3 is 0 Å². The van der Waals surface area contributed by atoms with Gasteiger partial charge in [-0.25, -0.2) is 4.68 Å². The fraction of sp³-hybridized carbons (Fsp3) is 0.700. The van der Waals surface area contributed by atoms with E-state index in [0.717, 1.165) is 5.69 Å². The summed E-state index contributed by atoms with van der Waals surface area (Å²) in [5, 5.41) is 4.15. The average Bonchev–Trinajstić information content (AvgIpc) is 2.37. The number of aryl methyl sites for hydroxylation is 2. The van der Waals surface area contributed by atoms with Gasteiger partial charge in [0.25, 0.3) is 0 Å². The van der Waals surface area contributed by atoms with Crippen molar-refractivity contribution in [2.45, 2.75) is 26.9 Å². The number of aromatic nitrogens is 2. The molecule has 0 saturated heterocycles. The number of hydrogen-bond donors (Lipinski definition) is 1. The molecule has 0 bridgehead atoms. The van der Waals surface area contributed by atoms with E-state index in [1.165, 1.54) is 0 Å². The lowest BCUT2D eigenvalue weighted by Crippen LogP contribution is -2.13. The smallest absolute Gasteiger partial charge is 0.235 e. The number of hydrogen-bond acceptors (Lipinski definition) is 4. The van der Waals surface area contributed by atoms with Gasteiger partial charge in [-0.05, 0) is 20.8 Å². The second-order valence-electron chi connectivity index (χ2n) is 3.70. The molecule has 0 amide bonds. The third-order valence-electron chi connectivity index (χ3n) is 1.99. The molecular formula is C10H19N3O2. The molecule has 0 atom stereocenters. The molecule has 0 spiro atoms. The minimum Gasteiger partial charge on any atom is -0.474 e. The molecule has 0 saturated carbocycles. The van der Waals surface area contributed by atoms with Crippen LogP contribution in [0.1, 0.15) is 19.5 Å². The largest absolute Gasteiger partial charge is 0.474 e. The van der Waals surface area contributed by atoms with Crippen molar-refractivity contribution < 1.29 is 9.47 Å². The molecule has 0 aromatic carbocycles. The second kappa shape index (κ2) is 5.02. The average molecular weight is 213 g/mol. The van der Waals surface area contributed by atoms with Crippen LogP contribution in [0.4, 0.5) is 5.69 Å². The maximum absolute atomic E-state index is 5.80. The highest BCUT2D eigenvalue weighted by atomic mass is 16.5. The van der Waals surface area contributed by atoms with Crippen molar-refractivity contribution in [1.29, 1.82) is 0 Å². The lowest BCUT2D eigenvalue weighted by Gasteiger charge is -2.09. The molecule has 0 aliphatic rings. The summed E-state index contributed by atoms with van der Waals surface area (Å²) in [6.07, 6.45) is 0.222. The van der Waals surface area contributed by atoms with E-state index in [4.69, 9.17) is 15.2 Å². The lowest BCUT2D eigenvalue weighted by molar-refractivity contribution is 0.0535. The van der Waals surface area contributed by atoms with Gasteiger partial charge in [0.1, 0.15) is 12.3 Å². The number of nitrogens with zero attached hydrogens (tertiary/aromatic N) is 2. The van der Waals surface area contributed by atoms with E-state index in [-0.39, 0.29) is 6.10 Å². The van der Waals surface area contributed by atoms with Gasteiger partial charge in [0.2, 0.25) is 5.88 Å². The second-order valence-corrected chi connectivity index (χ2v) is 3.70. The quantitative estimate of drug-likeness (QED) is 0.744. The van der Waals surface area contributed by atoms with Crippen LogP contribution in [0.3, 0.4) is 0 Å². The van der Waals surface area contributed by atoms with Crippen LogP contribution >= 0.6 is 0 Å². The Bertz CT molecular complexity index is 321. The highest BCUT2D eigenvalue weighted by Gasteiger charge is 2.10. The van der Waals surface area contributed by atoms with Gasteiger partial charge in [0.15, 0.2) is 0 Å². The molecule has 0 aliphatic carbocycles. The van der Waals surface area contributed by atoms with Crippen molar-refractivity contribution in [2.24, 2.45) is 7.05 Å². The summed E-state index contributed by atoms with van der Waals surface area (Å²) in [6.45, 7) is 6.88. The van der Waals surface area contributed by atoms with Crippen molar-refractivity contribution in [2.75, 3.05) is 18.9 Å². The summed E-state index contributed by atoms with van der Waals surface area (Å²) in [4.78, 5) is 0. The van der Waals surface area contributed by atoms with Gasteiger partial charge < -0.3 is 15.2 Å². The fourth-order valence-electron chi connectivity index (χ4n) is 1.25. The van der Waals surface area contributed by atoms with Crippen molar-refractivity contribution in [3.05, 3.63) is 5.69 Å². The molecule has 5 nitrogen and oxygen atoms in total. The van der Waals surface area contributed by atoms with Crippen LogP contribution in [0, 0.1) is 6.92 Å². The van der Waals surface area contributed by atoms with Crippen LogP contribution < -0.4 is 10.5 Å². The zero-order valence-corrected chi connectivity index (χ0v) is 9.78. The molecule has 0 unspecified atom stereocenters. The van der Waals surface area contributed by atoms with E-state index in [1.54, 1.807) is 4.68 Å². The van der Waals surface area contributed by atoms with Crippen LogP contribution in [-0.2, 0) is 11.8 Å². The molecule has 1 rings (SSSR count). The number of rotatable bonds is 5. The Hall–Kier alpha value is -1.23. The summed E-state index contributed by atoms with van der Waals surface area (Å²) in [6, 6.07) is 0. The number of nitrogens with two attached hydrogens (primary N) is 1. The van der Waals surface area contributed by atoms with E-state index >= 15 is 0 Å². The molecule has 2 N–H and O–H groups in total. The van der Waals surface area contributed by atoms with Crippen LogP contribution in [-0.4, -0.2) is 29.1 Å². The summed E-state index contributed by atoms with van der Waals surface area (Å²) >= 11 is 0. The first-order valence-electron chi connectivity index (χ1n) is 5.05. The summed E-state index contributed by atoms with van der Waals surface area (Å²) in [5.74, 6) is 0.611. The number of ether oxygens (including phenoxy) is 2. The van der Waals surface area contributed by atoms with Crippen LogP contribution in [0.15, 0.2) is 0 Å². The molecule has 0 aliphatic heterocycles. The molecular weight excluding hydrogens is 194 g/mol. The van der Waals surface area contributed by atoms with E-state index < -0.39 is 0 Å². The minimum atomic E-state index is 0.222. The lowest BCUT2D eigenvalue weighted by atomic mass is 10.4. The Morgan fingerprint density at radius 1 is 1.40 bits per heavy atom. The van der Waals surface area contributed by atoms with Gasteiger partial charge in [0.05, 0.1) is 18.4 Å². The molecule has 1 heterocycles. The van der Waals surface area contributed by atoms with Gasteiger partial charge in [0, 0.05) is 7.05 Å². The van der Waals surface area contributed by atoms with Crippen molar-refractivity contribution in [3.8, 4) is 5.88 Å². The normalized spacial score (nSPS) is 11.0. The summed E-state index contributed by atoms with van der Waals surface area (Å²) in [7, 11) is 1.81. The third kappa shape index (κ3) is 3.13. The van der Waals surface area contributed by atoms with Crippen molar-refractivity contribution in [1.82, 2.24) is 9.78 Å². The molecule has 1 aromatic rings. The highest BCUT2D eigenvalue weighted by molar-refractivity contribution is 5.52. The fourth-order valence-corrected chi connectivity index (χ4v) is 1.25. The Morgan fingerprint density at radius 2 is 2.07 bits per heavy atom. The monoisotopic (exact) mass is 213 g/mol. The summed E-state index contributed by atoms with van der Waals surface area (Å²) < 4.78 is 12.5. The standard InChI is InChI=1S/C10H19N3O2/c1-7(2)14-5-6-15-10-9(11)8(3)12-13(10)4/h7H,5-6,11H2,1-4H3. The van der Waals surface area contributed by atoms with E-state index in [2.05, 4.69) is 5.10 Å². The predicted molar refractivity (Wildman–Crippen MR) is 58.9 cm³/mol. The predicted octanol–water partition coefficient (Wildman–Crippen LogP) is 1.11. The Balaban J connectivity index is 2.44. The first-order chi connectivity index (χ1) is 7.02. The minimum absolute atomic E-state index is 0.222. The first-order valence-corrected chi connectivity index (χ1v) is 5.05. The Morgan fingerprint density at radius 3 is 2.53 bits per heavy atom. The van der Waals surface area contributed by atoms with E-state index in [9.17, 15) is 0 Å². The highest BCUT2D eigenvalue weighted by Crippen LogP contribution is 2.23. The summed E-state index contributed by atoms with van der Waals surface area (Å²) in [5.41, 5.74) is 7.18. The SMILES string of the molecule is Cc1nn(C)c(OCCOC(C)C)c1N. The number of anilines is 1. The van der Waals surface area contributed by atoms with Gasteiger partial charge in [-0.3, -0.25) is 0 Å². The molecule has 0 radical (unpaired) electrons. The number of nitrogen functional groups attached to an aromatic ring is 1. The van der Waals surface area contributed by atoms with Crippen molar-refractivity contribution in [3.63, 3.8) is 0 Å². The third-order valence-corrected chi connectivity index (χ3v) is 1.99. The molecule has 5 heteroatoms. The van der Waals surface area contributed by atoms with E-state index in [0.29, 0.717) is 24.8 Å². The van der Waals surface area contributed by atoms with Crippen LogP contribution in [0.25, 0.3) is 0 Å². The van der Waals surface area contributed by atoms with Crippen LogP contribution in [0.2, 0.25) is 0 Å². The Kier molecular flexibility index (Phi) is 3.96. The van der Waals surface area contributed by atoms with Crippen molar-refractivity contribution >= 4 is 5.69 Å². The maximum atomic E-state index is 5.80. The molecule has 0 fully saturated rings. The van der Waals surface area contributed by atoms with E-state index in [1.807, 2.05) is 27.8 Å². The molecule has 1 aromatic heterocycles. The van der Waals surface area contributed by atoms with Crippen LogP contribution in [0.5, 0.6) is 5.88 Å². The van der Waals surface area contributed by atoms with Gasteiger partial charge in [-0.1, -0.05) is 0 Å². The Labute approximate surface area is 90.2 Å². The first kappa shape index (κ1) is 11.8. The molecule has 15 heavy (non-hydrogen) atoms. The van der Waals surface area contributed by atoms with Gasteiger partial charge in [-0.15, -0.1) is 0 Å². The maximum Gasteiger partial charge on any atom is 0.235 e.